The van der Waals surface area contributed by atoms with Crippen molar-refractivity contribution in [2.24, 2.45) is 0 Å². The van der Waals surface area contributed by atoms with Gasteiger partial charge in [-0.25, -0.2) is 4.79 Å². The third-order valence-corrected chi connectivity index (χ3v) is 3.11. The van der Waals surface area contributed by atoms with Gasteiger partial charge in [-0.3, -0.25) is 4.79 Å². The molecule has 0 aromatic heterocycles. The molecule has 4 nitrogen and oxygen atoms in total. The van der Waals surface area contributed by atoms with Gasteiger partial charge < -0.3 is 10.1 Å². The Bertz CT molecular complexity index is 512. The van der Waals surface area contributed by atoms with Crippen molar-refractivity contribution < 1.29 is 27.5 Å². The number of nitrogens with one attached hydrogen (secondary N) is 1. The number of hydrogen-bond donors (Lipinski definition) is 1. The van der Waals surface area contributed by atoms with Crippen LogP contribution in [0.25, 0.3) is 0 Å². The molecule has 1 aromatic rings. The van der Waals surface area contributed by atoms with E-state index in [0.29, 0.717) is 12.8 Å². The predicted molar refractivity (Wildman–Crippen MR) is 74.2 cm³/mol. The summed E-state index contributed by atoms with van der Waals surface area (Å²) < 4.78 is 42.0. The molecule has 1 rings (SSSR count). The second-order valence-electron chi connectivity index (χ2n) is 4.77. The minimum Gasteiger partial charge on any atom is -0.467 e. The minimum atomic E-state index is -4.45. The summed E-state index contributed by atoms with van der Waals surface area (Å²) >= 11 is 0. The van der Waals surface area contributed by atoms with Crippen LogP contribution in [0.5, 0.6) is 0 Å². The van der Waals surface area contributed by atoms with Gasteiger partial charge in [-0.05, 0) is 30.7 Å². The molecule has 22 heavy (non-hydrogen) atoms. The van der Waals surface area contributed by atoms with Crippen LogP contribution in [0.4, 0.5) is 13.2 Å². The Labute approximate surface area is 126 Å². The van der Waals surface area contributed by atoms with Gasteiger partial charge in [-0.1, -0.05) is 19.8 Å². The maximum Gasteiger partial charge on any atom is 0.416 e. The molecule has 0 aliphatic heterocycles. The number of benzene rings is 1. The van der Waals surface area contributed by atoms with Gasteiger partial charge in [0.05, 0.1) is 12.7 Å². The van der Waals surface area contributed by atoms with E-state index in [2.05, 4.69) is 10.1 Å². The van der Waals surface area contributed by atoms with Gasteiger partial charge in [0.15, 0.2) is 0 Å². The van der Waals surface area contributed by atoms with E-state index in [1.165, 1.54) is 7.11 Å². The number of hydrogen-bond acceptors (Lipinski definition) is 3. The van der Waals surface area contributed by atoms with E-state index >= 15 is 0 Å². The second-order valence-corrected chi connectivity index (χ2v) is 4.77. The van der Waals surface area contributed by atoms with Gasteiger partial charge in [-0.15, -0.1) is 0 Å². The largest absolute Gasteiger partial charge is 0.467 e. The van der Waals surface area contributed by atoms with Crippen molar-refractivity contribution in [3.05, 3.63) is 35.4 Å². The Morgan fingerprint density at radius 3 is 2.27 bits per heavy atom. The van der Waals surface area contributed by atoms with Crippen LogP contribution >= 0.6 is 0 Å². The molecule has 0 spiro atoms. The summed E-state index contributed by atoms with van der Waals surface area (Å²) in [6.45, 7) is 1.94. The molecule has 1 amide bonds. The van der Waals surface area contributed by atoms with Gasteiger partial charge in [0.25, 0.3) is 5.91 Å². The highest BCUT2D eigenvalue weighted by atomic mass is 19.4. The molecule has 7 heteroatoms. The van der Waals surface area contributed by atoms with Crippen LogP contribution in [0.2, 0.25) is 0 Å². The maximum atomic E-state index is 12.5. The number of unbranched alkanes of at least 4 members (excludes halogenated alkanes) is 1. The third-order valence-electron chi connectivity index (χ3n) is 3.11. The van der Waals surface area contributed by atoms with Crippen LogP contribution in [-0.4, -0.2) is 25.0 Å². The first-order valence-corrected chi connectivity index (χ1v) is 6.85. The molecule has 1 atom stereocenters. The molecule has 0 bridgehead atoms. The summed E-state index contributed by atoms with van der Waals surface area (Å²) in [7, 11) is 1.21. The van der Waals surface area contributed by atoms with Crippen LogP contribution in [0, 0.1) is 0 Å². The van der Waals surface area contributed by atoms with Crippen molar-refractivity contribution >= 4 is 11.9 Å². The highest BCUT2D eigenvalue weighted by Gasteiger charge is 2.30. The molecule has 0 aliphatic carbocycles. The fourth-order valence-corrected chi connectivity index (χ4v) is 1.85. The summed E-state index contributed by atoms with van der Waals surface area (Å²) in [5.74, 6) is -1.19. The summed E-state index contributed by atoms with van der Waals surface area (Å²) in [6, 6.07) is 3.00. The van der Waals surface area contributed by atoms with Crippen molar-refractivity contribution in [3.63, 3.8) is 0 Å². The standard InChI is InChI=1S/C15H18F3NO3/c1-3-4-5-12(14(21)22-2)19-13(20)10-6-8-11(9-7-10)15(16,17)18/h6-9,12H,3-5H2,1-2H3,(H,19,20)/t12-/m0/s1. The zero-order chi connectivity index (χ0) is 16.8. The van der Waals surface area contributed by atoms with E-state index < -0.39 is 29.7 Å². The summed E-state index contributed by atoms with van der Waals surface area (Å²) in [5.41, 5.74) is -0.780. The summed E-state index contributed by atoms with van der Waals surface area (Å²) in [4.78, 5) is 23.6. The average Bonchev–Trinajstić information content (AvgIpc) is 2.49. The van der Waals surface area contributed by atoms with Gasteiger partial charge in [-0.2, -0.15) is 13.2 Å². The molecule has 0 saturated heterocycles. The van der Waals surface area contributed by atoms with Gasteiger partial charge in [0.1, 0.15) is 6.04 Å². The Balaban J connectivity index is 2.79. The van der Waals surface area contributed by atoms with E-state index in [0.717, 1.165) is 30.7 Å². The molecule has 0 saturated carbocycles. The predicted octanol–water partition coefficient (Wildman–Crippen LogP) is 3.17. The zero-order valence-corrected chi connectivity index (χ0v) is 12.4. The second kappa shape index (κ2) is 7.82. The Kier molecular flexibility index (Phi) is 6.39. The minimum absolute atomic E-state index is 0.0541. The van der Waals surface area contributed by atoms with Crippen LogP contribution < -0.4 is 5.32 Å². The lowest BCUT2D eigenvalue weighted by Crippen LogP contribution is -2.41. The van der Waals surface area contributed by atoms with Crippen molar-refractivity contribution in [2.75, 3.05) is 7.11 Å². The van der Waals surface area contributed by atoms with Crippen LogP contribution in [0.3, 0.4) is 0 Å². The molecular weight excluding hydrogens is 299 g/mol. The van der Waals surface area contributed by atoms with Gasteiger partial charge >= 0.3 is 12.1 Å². The topological polar surface area (TPSA) is 55.4 Å². The SMILES string of the molecule is CCCC[C@H](NC(=O)c1ccc(C(F)(F)F)cc1)C(=O)OC. The molecule has 0 heterocycles. The number of carbonyl (C=O) groups excluding carboxylic acids is 2. The summed E-state index contributed by atoms with van der Waals surface area (Å²) in [6.07, 6.45) is -2.49. The first kappa shape index (κ1) is 18.0. The number of alkyl halides is 3. The number of carbonyl (C=O) groups is 2. The number of halogens is 3. The highest BCUT2D eigenvalue weighted by Crippen LogP contribution is 2.29. The van der Waals surface area contributed by atoms with Crippen LogP contribution in [0.1, 0.15) is 42.1 Å². The van der Waals surface area contributed by atoms with E-state index in [9.17, 15) is 22.8 Å². The first-order valence-electron chi connectivity index (χ1n) is 6.85. The molecular formula is C15H18F3NO3. The number of ether oxygens (including phenoxy) is 1. The fraction of sp³-hybridized carbons (Fsp3) is 0.467. The van der Waals surface area contributed by atoms with E-state index in [1.807, 2.05) is 6.92 Å². The molecule has 0 unspecified atom stereocenters. The van der Waals surface area contributed by atoms with Crippen molar-refractivity contribution in [1.82, 2.24) is 5.32 Å². The molecule has 1 aromatic carbocycles. The summed E-state index contributed by atoms with van der Waals surface area (Å²) in [5, 5.41) is 2.48. The quantitative estimate of drug-likeness (QED) is 0.820. The van der Waals surface area contributed by atoms with Crippen molar-refractivity contribution in [2.45, 2.75) is 38.4 Å². The van der Waals surface area contributed by atoms with Crippen molar-refractivity contribution in [3.8, 4) is 0 Å². The Hall–Kier alpha value is -2.05. The maximum absolute atomic E-state index is 12.5. The molecule has 0 aliphatic rings. The number of methoxy groups -OCH3 is 1. The lowest BCUT2D eigenvalue weighted by Gasteiger charge is -2.16. The zero-order valence-electron chi connectivity index (χ0n) is 12.4. The molecule has 1 N–H and O–H groups in total. The van der Waals surface area contributed by atoms with Gasteiger partial charge in [0, 0.05) is 5.56 Å². The van der Waals surface area contributed by atoms with Gasteiger partial charge in [0.2, 0.25) is 0 Å². The molecule has 0 radical (unpaired) electrons. The lowest BCUT2D eigenvalue weighted by molar-refractivity contribution is -0.143. The van der Waals surface area contributed by atoms with Crippen molar-refractivity contribution in [1.29, 1.82) is 0 Å². The smallest absolute Gasteiger partial charge is 0.416 e. The number of esters is 1. The first-order chi connectivity index (χ1) is 10.3. The van der Waals surface area contributed by atoms with Crippen LogP contribution in [-0.2, 0) is 15.7 Å². The monoisotopic (exact) mass is 317 g/mol. The number of rotatable bonds is 6. The highest BCUT2D eigenvalue weighted by molar-refractivity contribution is 5.96. The third kappa shape index (κ3) is 5.05. The Morgan fingerprint density at radius 1 is 1.23 bits per heavy atom. The van der Waals surface area contributed by atoms with Crippen LogP contribution in [0.15, 0.2) is 24.3 Å². The molecule has 0 fully saturated rings. The fourth-order valence-electron chi connectivity index (χ4n) is 1.85. The molecule has 122 valence electrons. The van der Waals surface area contributed by atoms with E-state index in [1.54, 1.807) is 0 Å². The Morgan fingerprint density at radius 2 is 1.82 bits per heavy atom. The van der Waals surface area contributed by atoms with E-state index in [-0.39, 0.29) is 5.56 Å². The lowest BCUT2D eigenvalue weighted by atomic mass is 10.1. The number of amides is 1. The van der Waals surface area contributed by atoms with E-state index in [4.69, 9.17) is 0 Å². The average molecular weight is 317 g/mol. The normalized spacial score (nSPS) is 12.6.